The molecule has 0 aromatic heterocycles. The lowest BCUT2D eigenvalue weighted by atomic mass is 10.1. The first-order chi connectivity index (χ1) is 8.15. The second-order valence-electron chi connectivity index (χ2n) is 3.17. The molecule has 0 aliphatic rings. The minimum Gasteiger partial charge on any atom is -0.405 e. The van der Waals surface area contributed by atoms with E-state index in [0.717, 1.165) is 24.3 Å². The van der Waals surface area contributed by atoms with Gasteiger partial charge in [0.15, 0.2) is 0 Å². The first-order valence-electron chi connectivity index (χ1n) is 4.57. The maximum Gasteiger partial charge on any atom is 0.573 e. The summed E-state index contributed by atoms with van der Waals surface area (Å²) in [6.07, 6.45) is -8.16. The fourth-order valence-corrected chi connectivity index (χ4v) is 1.33. The third kappa shape index (κ3) is 3.68. The van der Waals surface area contributed by atoms with Gasteiger partial charge in [0.2, 0.25) is 0 Å². The number of rotatable bonds is 2. The lowest BCUT2D eigenvalue weighted by Gasteiger charge is -2.17. The summed E-state index contributed by atoms with van der Waals surface area (Å²) in [5.41, 5.74) is -1.93. The third-order valence-corrected chi connectivity index (χ3v) is 1.87. The number of alkyl halides is 6. The SMILES string of the molecule is [CH2]C=Cc1cccc(OC(F)(F)F)c1C(F)(F)F. The zero-order chi connectivity index (χ0) is 14.0. The standard InChI is InChI=1S/C11H7F6O/c1-2-4-7-5-3-6-8(18-11(15,16)17)9(7)10(12,13)14/h2-6H,1H2. The van der Waals surface area contributed by atoms with E-state index >= 15 is 0 Å². The van der Waals surface area contributed by atoms with Crippen LogP contribution < -0.4 is 4.74 Å². The Morgan fingerprint density at radius 2 is 1.67 bits per heavy atom. The lowest BCUT2D eigenvalue weighted by Crippen LogP contribution is -2.20. The smallest absolute Gasteiger partial charge is 0.405 e. The first-order valence-corrected chi connectivity index (χ1v) is 4.57. The number of allylic oxidation sites excluding steroid dienone is 1. The van der Waals surface area contributed by atoms with Gasteiger partial charge in [0.05, 0.1) is 0 Å². The molecule has 1 nitrogen and oxygen atoms in total. The molecule has 99 valence electrons. The molecular weight excluding hydrogens is 262 g/mol. The molecule has 1 radical (unpaired) electrons. The van der Waals surface area contributed by atoms with E-state index in [0.29, 0.717) is 6.07 Å². The third-order valence-electron chi connectivity index (χ3n) is 1.87. The fourth-order valence-electron chi connectivity index (χ4n) is 1.33. The van der Waals surface area contributed by atoms with E-state index in [1.165, 1.54) is 0 Å². The molecule has 18 heavy (non-hydrogen) atoms. The molecule has 1 rings (SSSR count). The van der Waals surface area contributed by atoms with Gasteiger partial charge in [0.25, 0.3) is 0 Å². The van der Waals surface area contributed by atoms with Crippen LogP contribution >= 0.6 is 0 Å². The van der Waals surface area contributed by atoms with Gasteiger partial charge in [-0.1, -0.05) is 24.3 Å². The van der Waals surface area contributed by atoms with Gasteiger partial charge in [-0.3, -0.25) is 0 Å². The largest absolute Gasteiger partial charge is 0.573 e. The molecule has 0 aliphatic heterocycles. The summed E-state index contributed by atoms with van der Waals surface area (Å²) in [7, 11) is 0. The summed E-state index contributed by atoms with van der Waals surface area (Å²) < 4.78 is 77.5. The van der Waals surface area contributed by atoms with Gasteiger partial charge in [0.1, 0.15) is 11.3 Å². The van der Waals surface area contributed by atoms with Gasteiger partial charge < -0.3 is 4.74 Å². The van der Waals surface area contributed by atoms with E-state index in [-0.39, 0.29) is 0 Å². The van der Waals surface area contributed by atoms with E-state index in [2.05, 4.69) is 11.7 Å². The average Bonchev–Trinajstić information content (AvgIpc) is 2.13. The van der Waals surface area contributed by atoms with E-state index in [1.807, 2.05) is 0 Å². The number of benzene rings is 1. The molecule has 0 atom stereocenters. The van der Waals surface area contributed by atoms with Crippen LogP contribution in [0.3, 0.4) is 0 Å². The fraction of sp³-hybridized carbons (Fsp3) is 0.182. The van der Waals surface area contributed by atoms with E-state index < -0.39 is 29.4 Å². The highest BCUT2D eigenvalue weighted by atomic mass is 19.4. The highest BCUT2D eigenvalue weighted by Crippen LogP contribution is 2.41. The average molecular weight is 269 g/mol. The van der Waals surface area contributed by atoms with Crippen molar-refractivity contribution >= 4 is 6.08 Å². The minimum atomic E-state index is -5.19. The number of ether oxygens (including phenoxy) is 1. The monoisotopic (exact) mass is 269 g/mol. The Kier molecular flexibility index (Phi) is 3.93. The summed E-state index contributed by atoms with van der Waals surface area (Å²) in [4.78, 5) is 0. The Labute approximate surface area is 98.7 Å². The molecule has 0 heterocycles. The Balaban J connectivity index is 3.38. The van der Waals surface area contributed by atoms with E-state index in [9.17, 15) is 26.3 Å². The minimum absolute atomic E-state index is 0.445. The van der Waals surface area contributed by atoms with Crippen molar-refractivity contribution in [2.75, 3.05) is 0 Å². The van der Waals surface area contributed by atoms with Crippen LogP contribution in [0.2, 0.25) is 0 Å². The van der Waals surface area contributed by atoms with Crippen molar-refractivity contribution in [3.8, 4) is 5.75 Å². The maximum atomic E-state index is 12.7. The quantitative estimate of drug-likeness (QED) is 0.720. The van der Waals surface area contributed by atoms with Crippen molar-refractivity contribution in [1.82, 2.24) is 0 Å². The molecule has 7 heteroatoms. The van der Waals surface area contributed by atoms with Gasteiger partial charge in [-0.15, -0.1) is 13.2 Å². The molecule has 0 unspecified atom stereocenters. The highest BCUT2D eigenvalue weighted by molar-refractivity contribution is 5.59. The van der Waals surface area contributed by atoms with Crippen molar-refractivity contribution < 1.29 is 31.1 Å². The lowest BCUT2D eigenvalue weighted by molar-refractivity contribution is -0.276. The molecule has 0 bridgehead atoms. The number of hydrogen-bond donors (Lipinski definition) is 0. The van der Waals surface area contributed by atoms with Crippen molar-refractivity contribution in [2.45, 2.75) is 12.5 Å². The van der Waals surface area contributed by atoms with Crippen molar-refractivity contribution in [3.63, 3.8) is 0 Å². The van der Waals surface area contributed by atoms with E-state index in [4.69, 9.17) is 0 Å². The van der Waals surface area contributed by atoms with Crippen LogP contribution in [0.1, 0.15) is 11.1 Å². The predicted molar refractivity (Wildman–Crippen MR) is 52.5 cm³/mol. The molecule has 0 aliphatic carbocycles. The van der Waals surface area contributed by atoms with Crippen molar-refractivity contribution in [1.29, 1.82) is 0 Å². The zero-order valence-corrected chi connectivity index (χ0v) is 8.77. The van der Waals surface area contributed by atoms with Crippen LogP contribution in [-0.4, -0.2) is 6.36 Å². The predicted octanol–water partition coefficient (Wildman–Crippen LogP) is 4.45. The van der Waals surface area contributed by atoms with Gasteiger partial charge in [-0.25, -0.2) is 0 Å². The molecule has 0 fully saturated rings. The summed E-state index contributed by atoms with van der Waals surface area (Å²) in [6, 6.07) is 2.66. The van der Waals surface area contributed by atoms with Crippen LogP contribution in [0.15, 0.2) is 24.3 Å². The van der Waals surface area contributed by atoms with Crippen molar-refractivity contribution in [3.05, 3.63) is 42.3 Å². The summed E-state index contributed by atoms with van der Waals surface area (Å²) >= 11 is 0. The Hall–Kier alpha value is -1.66. The number of halogens is 6. The molecule has 0 amide bonds. The maximum absolute atomic E-state index is 12.7. The Morgan fingerprint density at radius 1 is 1.06 bits per heavy atom. The first kappa shape index (κ1) is 14.4. The van der Waals surface area contributed by atoms with Crippen LogP contribution in [0.5, 0.6) is 5.75 Å². The van der Waals surface area contributed by atoms with Crippen LogP contribution in [0.25, 0.3) is 6.08 Å². The van der Waals surface area contributed by atoms with Crippen LogP contribution in [0, 0.1) is 6.92 Å². The van der Waals surface area contributed by atoms with E-state index in [1.54, 1.807) is 0 Å². The summed E-state index contributed by atoms with van der Waals surface area (Å²) in [6.45, 7) is 3.20. The molecule has 1 aromatic carbocycles. The van der Waals surface area contributed by atoms with Gasteiger partial charge in [0, 0.05) is 0 Å². The normalized spacial score (nSPS) is 13.1. The molecule has 0 N–H and O–H groups in total. The topological polar surface area (TPSA) is 9.23 Å². The molecular formula is C11H7F6O. The highest BCUT2D eigenvalue weighted by Gasteiger charge is 2.40. The zero-order valence-electron chi connectivity index (χ0n) is 8.77. The second-order valence-corrected chi connectivity index (χ2v) is 3.17. The molecule has 1 aromatic rings. The molecule has 0 spiro atoms. The van der Waals surface area contributed by atoms with Crippen LogP contribution in [-0.2, 0) is 6.18 Å². The Bertz CT molecular complexity index is 444. The van der Waals surface area contributed by atoms with Crippen LogP contribution in [0.4, 0.5) is 26.3 Å². The van der Waals surface area contributed by atoms with Gasteiger partial charge >= 0.3 is 12.5 Å². The van der Waals surface area contributed by atoms with Gasteiger partial charge in [-0.05, 0) is 18.6 Å². The summed E-state index contributed by atoms with van der Waals surface area (Å²) in [5.74, 6) is -1.29. The number of hydrogen-bond acceptors (Lipinski definition) is 1. The Morgan fingerprint density at radius 3 is 2.11 bits per heavy atom. The molecule has 0 saturated heterocycles. The van der Waals surface area contributed by atoms with Gasteiger partial charge in [-0.2, -0.15) is 13.2 Å². The van der Waals surface area contributed by atoms with Crippen molar-refractivity contribution in [2.24, 2.45) is 0 Å². The second kappa shape index (κ2) is 4.91. The molecule has 0 saturated carbocycles. The summed E-state index contributed by atoms with van der Waals surface area (Å²) in [5, 5.41) is 0.